The standard InChI is InChI=1S/C12H15FN2O4/c1-2-15(5-6-16)12(19)14-8-3-4-9(11(17)18)10(13)7-8/h3-4,7,16H,2,5-6H2,1H3,(H,14,19)(H,17,18). The first kappa shape index (κ1) is 14.9. The molecule has 7 heteroatoms. The molecule has 1 rings (SSSR count). The second-order valence-electron chi connectivity index (χ2n) is 3.73. The number of urea groups is 1. The number of carbonyl (C=O) groups excluding carboxylic acids is 1. The molecule has 2 amide bonds. The summed E-state index contributed by atoms with van der Waals surface area (Å²) in [5.74, 6) is -2.29. The SMILES string of the molecule is CCN(CCO)C(=O)Nc1ccc(C(=O)O)c(F)c1. The number of benzene rings is 1. The minimum atomic E-state index is -1.37. The van der Waals surface area contributed by atoms with E-state index in [4.69, 9.17) is 10.2 Å². The predicted molar refractivity (Wildman–Crippen MR) is 66.7 cm³/mol. The number of anilines is 1. The van der Waals surface area contributed by atoms with Gasteiger partial charge in [0.05, 0.1) is 12.2 Å². The third-order valence-electron chi connectivity index (χ3n) is 2.49. The first-order valence-corrected chi connectivity index (χ1v) is 5.69. The molecule has 0 fully saturated rings. The van der Waals surface area contributed by atoms with Crippen LogP contribution in [-0.4, -0.2) is 46.8 Å². The summed E-state index contributed by atoms with van der Waals surface area (Å²) in [5, 5.41) is 19.9. The first-order chi connectivity index (χ1) is 8.99. The Morgan fingerprint density at radius 1 is 1.42 bits per heavy atom. The van der Waals surface area contributed by atoms with E-state index in [9.17, 15) is 14.0 Å². The number of aromatic carboxylic acids is 1. The van der Waals surface area contributed by atoms with Gasteiger partial charge in [-0.05, 0) is 25.1 Å². The maximum Gasteiger partial charge on any atom is 0.338 e. The Bertz CT molecular complexity index is 479. The molecule has 0 unspecified atom stereocenters. The Hall–Kier alpha value is -2.15. The molecule has 19 heavy (non-hydrogen) atoms. The highest BCUT2D eigenvalue weighted by molar-refractivity contribution is 5.91. The number of amides is 2. The largest absolute Gasteiger partial charge is 0.478 e. The number of carbonyl (C=O) groups is 2. The molecule has 0 spiro atoms. The van der Waals surface area contributed by atoms with Crippen LogP contribution in [0.2, 0.25) is 0 Å². The maximum atomic E-state index is 13.4. The number of nitrogens with zero attached hydrogens (tertiary/aromatic N) is 1. The lowest BCUT2D eigenvalue weighted by Crippen LogP contribution is -2.36. The van der Waals surface area contributed by atoms with Crippen LogP contribution in [0, 0.1) is 5.82 Å². The zero-order valence-electron chi connectivity index (χ0n) is 10.4. The van der Waals surface area contributed by atoms with Crippen LogP contribution in [0.3, 0.4) is 0 Å². The van der Waals surface area contributed by atoms with Crippen LogP contribution >= 0.6 is 0 Å². The van der Waals surface area contributed by atoms with Crippen LogP contribution in [0.4, 0.5) is 14.9 Å². The fourth-order valence-corrected chi connectivity index (χ4v) is 1.49. The maximum absolute atomic E-state index is 13.4. The van der Waals surface area contributed by atoms with E-state index in [0.29, 0.717) is 6.54 Å². The third kappa shape index (κ3) is 3.92. The number of hydrogen-bond donors (Lipinski definition) is 3. The average Bonchev–Trinajstić information content (AvgIpc) is 2.35. The smallest absolute Gasteiger partial charge is 0.338 e. The molecule has 0 atom stereocenters. The fraction of sp³-hybridized carbons (Fsp3) is 0.333. The highest BCUT2D eigenvalue weighted by Crippen LogP contribution is 2.15. The summed E-state index contributed by atoms with van der Waals surface area (Å²) in [6, 6.07) is 2.83. The highest BCUT2D eigenvalue weighted by atomic mass is 19.1. The van der Waals surface area contributed by atoms with E-state index in [1.54, 1.807) is 6.92 Å². The van der Waals surface area contributed by atoms with Crippen molar-refractivity contribution < 1.29 is 24.2 Å². The zero-order chi connectivity index (χ0) is 14.4. The van der Waals surface area contributed by atoms with Gasteiger partial charge in [0.15, 0.2) is 0 Å². The summed E-state index contributed by atoms with van der Waals surface area (Å²) >= 11 is 0. The molecule has 0 aliphatic heterocycles. The molecule has 0 saturated heterocycles. The van der Waals surface area contributed by atoms with Gasteiger partial charge in [0.25, 0.3) is 0 Å². The number of nitrogens with one attached hydrogen (secondary N) is 1. The van der Waals surface area contributed by atoms with Gasteiger partial charge in [-0.1, -0.05) is 0 Å². The molecule has 6 nitrogen and oxygen atoms in total. The Kier molecular flexibility index (Phi) is 5.25. The van der Waals surface area contributed by atoms with E-state index in [1.165, 1.54) is 11.0 Å². The average molecular weight is 270 g/mol. The summed E-state index contributed by atoms with van der Waals surface area (Å²) in [4.78, 5) is 23.7. The van der Waals surface area contributed by atoms with E-state index in [1.807, 2.05) is 0 Å². The van der Waals surface area contributed by atoms with E-state index in [2.05, 4.69) is 5.32 Å². The molecular weight excluding hydrogens is 255 g/mol. The van der Waals surface area contributed by atoms with Crippen molar-refractivity contribution in [1.29, 1.82) is 0 Å². The van der Waals surface area contributed by atoms with E-state index >= 15 is 0 Å². The van der Waals surface area contributed by atoms with Crippen molar-refractivity contribution in [2.75, 3.05) is 25.0 Å². The number of carboxylic acid groups (broad SMARTS) is 1. The topological polar surface area (TPSA) is 89.9 Å². The molecule has 0 aliphatic rings. The molecule has 0 bridgehead atoms. The number of carboxylic acids is 1. The lowest BCUT2D eigenvalue weighted by molar-refractivity contribution is 0.0692. The van der Waals surface area contributed by atoms with Crippen molar-refractivity contribution in [2.45, 2.75) is 6.92 Å². The van der Waals surface area contributed by atoms with Crippen molar-refractivity contribution in [3.8, 4) is 0 Å². The van der Waals surface area contributed by atoms with Gasteiger partial charge in [-0.2, -0.15) is 0 Å². The lowest BCUT2D eigenvalue weighted by Gasteiger charge is -2.20. The quantitative estimate of drug-likeness (QED) is 0.753. The van der Waals surface area contributed by atoms with Gasteiger partial charge in [0.1, 0.15) is 5.82 Å². The van der Waals surface area contributed by atoms with Gasteiger partial charge >= 0.3 is 12.0 Å². The van der Waals surface area contributed by atoms with Gasteiger partial charge in [0.2, 0.25) is 0 Å². The predicted octanol–water partition coefficient (Wildman–Crippen LogP) is 1.37. The monoisotopic (exact) mass is 270 g/mol. The molecule has 0 radical (unpaired) electrons. The number of aliphatic hydroxyl groups excluding tert-OH is 1. The second kappa shape index (κ2) is 6.69. The van der Waals surface area contributed by atoms with Crippen molar-refractivity contribution in [3.05, 3.63) is 29.6 Å². The Labute approximate surface area is 109 Å². The van der Waals surface area contributed by atoms with Gasteiger partial charge in [-0.25, -0.2) is 14.0 Å². The van der Waals surface area contributed by atoms with Crippen LogP contribution in [0.15, 0.2) is 18.2 Å². The fourth-order valence-electron chi connectivity index (χ4n) is 1.49. The van der Waals surface area contributed by atoms with Gasteiger partial charge in [-0.3, -0.25) is 0 Å². The normalized spacial score (nSPS) is 10.1. The number of aliphatic hydroxyl groups is 1. The second-order valence-corrected chi connectivity index (χ2v) is 3.73. The molecule has 0 heterocycles. The minimum Gasteiger partial charge on any atom is -0.478 e. The minimum absolute atomic E-state index is 0.156. The summed E-state index contributed by atoms with van der Waals surface area (Å²) in [7, 11) is 0. The highest BCUT2D eigenvalue weighted by Gasteiger charge is 2.14. The molecule has 0 saturated carbocycles. The summed E-state index contributed by atoms with van der Waals surface area (Å²) < 4.78 is 13.4. The van der Waals surface area contributed by atoms with Crippen LogP contribution in [-0.2, 0) is 0 Å². The van der Waals surface area contributed by atoms with Crippen molar-refractivity contribution in [1.82, 2.24) is 4.90 Å². The van der Waals surface area contributed by atoms with Crippen molar-refractivity contribution in [3.63, 3.8) is 0 Å². The molecule has 1 aromatic rings. The summed E-state index contributed by atoms with van der Waals surface area (Å²) in [6.07, 6.45) is 0. The molecule has 3 N–H and O–H groups in total. The Morgan fingerprint density at radius 3 is 2.58 bits per heavy atom. The molecular formula is C12H15FN2O4. The number of hydrogen-bond acceptors (Lipinski definition) is 3. The third-order valence-corrected chi connectivity index (χ3v) is 2.49. The van der Waals surface area contributed by atoms with E-state index in [-0.39, 0.29) is 18.8 Å². The number of likely N-dealkylation sites (N-methyl/N-ethyl adjacent to an activating group) is 1. The molecule has 104 valence electrons. The van der Waals surface area contributed by atoms with E-state index in [0.717, 1.165) is 12.1 Å². The number of rotatable bonds is 5. The molecule has 0 aliphatic carbocycles. The zero-order valence-corrected chi connectivity index (χ0v) is 10.4. The van der Waals surface area contributed by atoms with Crippen LogP contribution in [0.5, 0.6) is 0 Å². The molecule has 0 aromatic heterocycles. The van der Waals surface area contributed by atoms with Crippen LogP contribution < -0.4 is 5.32 Å². The van der Waals surface area contributed by atoms with Gasteiger partial charge in [0, 0.05) is 18.8 Å². The van der Waals surface area contributed by atoms with Crippen molar-refractivity contribution in [2.24, 2.45) is 0 Å². The van der Waals surface area contributed by atoms with Crippen LogP contribution in [0.1, 0.15) is 17.3 Å². The summed E-state index contributed by atoms with van der Waals surface area (Å²) in [5.41, 5.74) is -0.301. The summed E-state index contributed by atoms with van der Waals surface area (Å²) in [6.45, 7) is 2.12. The van der Waals surface area contributed by atoms with E-state index < -0.39 is 23.4 Å². The molecule has 1 aromatic carbocycles. The van der Waals surface area contributed by atoms with Crippen LogP contribution in [0.25, 0.3) is 0 Å². The lowest BCUT2D eigenvalue weighted by atomic mass is 10.2. The number of halogens is 1. The van der Waals surface area contributed by atoms with Gasteiger partial charge < -0.3 is 20.4 Å². The van der Waals surface area contributed by atoms with Gasteiger partial charge in [-0.15, -0.1) is 0 Å². The first-order valence-electron chi connectivity index (χ1n) is 5.69. The Morgan fingerprint density at radius 2 is 2.11 bits per heavy atom. The van der Waals surface area contributed by atoms with Crippen molar-refractivity contribution >= 4 is 17.7 Å². The Balaban J connectivity index is 2.80.